The predicted octanol–water partition coefficient (Wildman–Crippen LogP) is 2.71. The van der Waals surface area contributed by atoms with Gasteiger partial charge in [-0.3, -0.25) is 0 Å². The number of hydrogen-bond donors (Lipinski definition) is 1. The van der Waals surface area contributed by atoms with Gasteiger partial charge in [-0.05, 0) is 19.8 Å². The highest BCUT2D eigenvalue weighted by Crippen LogP contribution is 2.26. The van der Waals surface area contributed by atoms with Crippen molar-refractivity contribution in [2.24, 2.45) is 0 Å². The van der Waals surface area contributed by atoms with E-state index in [0.29, 0.717) is 17.7 Å². The Labute approximate surface area is 113 Å². The molecule has 0 spiro atoms. The highest BCUT2D eigenvalue weighted by molar-refractivity contribution is 5.61. The number of benzene rings is 1. The maximum Gasteiger partial charge on any atom is 0.163 e. The number of anilines is 2. The molecule has 0 saturated carbocycles. The van der Waals surface area contributed by atoms with E-state index in [1.54, 1.807) is 0 Å². The van der Waals surface area contributed by atoms with Gasteiger partial charge in [0.05, 0.1) is 0 Å². The minimum Gasteiger partial charge on any atom is -0.384 e. The third kappa shape index (κ3) is 2.38. The lowest BCUT2D eigenvalue weighted by atomic mass is 10.2. The fraction of sp³-hybridized carbons (Fsp3) is 0.333. The van der Waals surface area contributed by atoms with E-state index in [-0.39, 0.29) is 0 Å². The van der Waals surface area contributed by atoms with Crippen molar-refractivity contribution in [2.45, 2.75) is 25.8 Å². The second-order valence-corrected chi connectivity index (χ2v) is 5.03. The van der Waals surface area contributed by atoms with Crippen molar-refractivity contribution in [2.75, 3.05) is 17.2 Å². The summed E-state index contributed by atoms with van der Waals surface area (Å²) in [5, 5.41) is 0. The Morgan fingerprint density at radius 3 is 2.68 bits per heavy atom. The summed E-state index contributed by atoms with van der Waals surface area (Å²) in [6.45, 7) is 3.28. The van der Waals surface area contributed by atoms with Gasteiger partial charge in [-0.1, -0.05) is 30.3 Å². The van der Waals surface area contributed by atoms with E-state index >= 15 is 0 Å². The monoisotopic (exact) mass is 254 g/mol. The Morgan fingerprint density at radius 1 is 1.21 bits per heavy atom. The van der Waals surface area contributed by atoms with E-state index in [9.17, 15) is 0 Å². The summed E-state index contributed by atoms with van der Waals surface area (Å²) >= 11 is 0. The topological polar surface area (TPSA) is 55.0 Å². The van der Waals surface area contributed by atoms with Crippen molar-refractivity contribution < 1.29 is 0 Å². The smallest absolute Gasteiger partial charge is 0.163 e. The molecule has 0 bridgehead atoms. The van der Waals surface area contributed by atoms with Crippen molar-refractivity contribution in [1.29, 1.82) is 0 Å². The zero-order valence-electron chi connectivity index (χ0n) is 11.1. The van der Waals surface area contributed by atoms with Crippen LogP contribution in [0.5, 0.6) is 0 Å². The number of hydrogen-bond acceptors (Lipinski definition) is 4. The van der Waals surface area contributed by atoms with Crippen LogP contribution in [0, 0.1) is 0 Å². The Kier molecular flexibility index (Phi) is 3.07. The maximum absolute atomic E-state index is 5.93. The van der Waals surface area contributed by atoms with E-state index in [4.69, 9.17) is 5.73 Å². The first-order valence-electron chi connectivity index (χ1n) is 6.70. The molecule has 0 amide bonds. The highest BCUT2D eigenvalue weighted by Gasteiger charge is 2.22. The van der Waals surface area contributed by atoms with Crippen molar-refractivity contribution in [3.05, 3.63) is 36.4 Å². The zero-order chi connectivity index (χ0) is 13.2. The van der Waals surface area contributed by atoms with E-state index in [2.05, 4.69) is 21.8 Å². The maximum atomic E-state index is 5.93. The van der Waals surface area contributed by atoms with Gasteiger partial charge in [-0.2, -0.15) is 0 Å². The zero-order valence-corrected chi connectivity index (χ0v) is 11.1. The molecular formula is C15H18N4. The van der Waals surface area contributed by atoms with E-state index < -0.39 is 0 Å². The Morgan fingerprint density at radius 2 is 2.00 bits per heavy atom. The highest BCUT2D eigenvalue weighted by atomic mass is 15.2. The molecule has 19 heavy (non-hydrogen) atoms. The molecule has 1 aromatic carbocycles. The van der Waals surface area contributed by atoms with Gasteiger partial charge in [0.2, 0.25) is 0 Å². The van der Waals surface area contributed by atoms with Gasteiger partial charge in [-0.15, -0.1) is 0 Å². The second kappa shape index (κ2) is 4.88. The fourth-order valence-electron chi connectivity index (χ4n) is 2.59. The van der Waals surface area contributed by atoms with Crippen LogP contribution in [0.4, 0.5) is 11.6 Å². The molecule has 1 aromatic heterocycles. The number of nitrogens with two attached hydrogens (primary N) is 1. The summed E-state index contributed by atoms with van der Waals surface area (Å²) in [6, 6.07) is 12.4. The minimum atomic E-state index is 0.526. The van der Waals surface area contributed by atoms with Crippen molar-refractivity contribution in [3.63, 3.8) is 0 Å². The molecule has 1 atom stereocenters. The lowest BCUT2D eigenvalue weighted by Gasteiger charge is -2.23. The van der Waals surface area contributed by atoms with Crippen LogP contribution in [-0.2, 0) is 0 Å². The normalized spacial score (nSPS) is 18.8. The van der Waals surface area contributed by atoms with Gasteiger partial charge in [0.25, 0.3) is 0 Å². The Balaban J connectivity index is 2.01. The van der Waals surface area contributed by atoms with Gasteiger partial charge in [0.15, 0.2) is 5.82 Å². The SMILES string of the molecule is CC1CCCN1c1cc(N)nc(-c2ccccc2)n1. The first kappa shape index (κ1) is 12.0. The second-order valence-electron chi connectivity index (χ2n) is 5.03. The molecule has 2 N–H and O–H groups in total. The van der Waals surface area contributed by atoms with Crippen molar-refractivity contribution in [3.8, 4) is 11.4 Å². The molecule has 4 heteroatoms. The minimum absolute atomic E-state index is 0.526. The first-order chi connectivity index (χ1) is 9.24. The van der Waals surface area contributed by atoms with Crippen molar-refractivity contribution >= 4 is 11.6 Å². The largest absolute Gasteiger partial charge is 0.384 e. The average molecular weight is 254 g/mol. The van der Waals surface area contributed by atoms with Crippen LogP contribution in [0.2, 0.25) is 0 Å². The van der Waals surface area contributed by atoms with Gasteiger partial charge in [-0.25, -0.2) is 9.97 Å². The molecule has 98 valence electrons. The molecule has 2 heterocycles. The number of nitrogens with zero attached hydrogens (tertiary/aromatic N) is 3. The molecule has 2 aromatic rings. The third-order valence-electron chi connectivity index (χ3n) is 3.61. The first-order valence-corrected chi connectivity index (χ1v) is 6.70. The molecule has 4 nitrogen and oxygen atoms in total. The molecular weight excluding hydrogens is 236 g/mol. The molecule has 1 fully saturated rings. The summed E-state index contributed by atoms with van der Waals surface area (Å²) in [6.07, 6.45) is 2.43. The standard InChI is InChI=1S/C15H18N4/c1-11-6-5-9-19(11)14-10-13(16)17-15(18-14)12-7-3-2-4-8-12/h2-4,7-8,10-11H,5-6,9H2,1H3,(H2,16,17,18). The Hall–Kier alpha value is -2.10. The van der Waals surface area contributed by atoms with Crippen LogP contribution in [0.15, 0.2) is 36.4 Å². The Bertz CT molecular complexity index is 568. The molecule has 1 unspecified atom stereocenters. The summed E-state index contributed by atoms with van der Waals surface area (Å²) < 4.78 is 0. The van der Waals surface area contributed by atoms with Crippen LogP contribution < -0.4 is 10.6 Å². The lowest BCUT2D eigenvalue weighted by molar-refractivity contribution is 0.727. The van der Waals surface area contributed by atoms with Crippen molar-refractivity contribution in [1.82, 2.24) is 9.97 Å². The quantitative estimate of drug-likeness (QED) is 0.895. The summed E-state index contributed by atoms with van der Waals surface area (Å²) in [5.41, 5.74) is 6.93. The van der Waals surface area contributed by atoms with E-state index in [0.717, 1.165) is 17.9 Å². The predicted molar refractivity (Wildman–Crippen MR) is 77.9 cm³/mol. The summed E-state index contributed by atoms with van der Waals surface area (Å²) in [7, 11) is 0. The average Bonchev–Trinajstić information content (AvgIpc) is 2.85. The fourth-order valence-corrected chi connectivity index (χ4v) is 2.59. The third-order valence-corrected chi connectivity index (χ3v) is 3.61. The van der Waals surface area contributed by atoms with Crippen LogP contribution in [0.1, 0.15) is 19.8 Å². The number of rotatable bonds is 2. The van der Waals surface area contributed by atoms with Crippen LogP contribution in [-0.4, -0.2) is 22.6 Å². The molecule has 3 rings (SSSR count). The molecule has 1 aliphatic heterocycles. The van der Waals surface area contributed by atoms with E-state index in [1.807, 2.05) is 36.4 Å². The van der Waals surface area contributed by atoms with Gasteiger partial charge in [0, 0.05) is 24.2 Å². The molecule has 1 aliphatic rings. The van der Waals surface area contributed by atoms with Gasteiger partial charge in [0.1, 0.15) is 11.6 Å². The van der Waals surface area contributed by atoms with Gasteiger partial charge < -0.3 is 10.6 Å². The number of aromatic nitrogens is 2. The molecule has 0 aliphatic carbocycles. The lowest BCUT2D eigenvalue weighted by Crippen LogP contribution is -2.27. The van der Waals surface area contributed by atoms with Crippen LogP contribution in [0.25, 0.3) is 11.4 Å². The molecule has 0 radical (unpaired) electrons. The van der Waals surface area contributed by atoms with Crippen LogP contribution in [0.3, 0.4) is 0 Å². The van der Waals surface area contributed by atoms with Crippen LogP contribution >= 0.6 is 0 Å². The number of nitrogen functional groups attached to an aromatic ring is 1. The van der Waals surface area contributed by atoms with E-state index in [1.165, 1.54) is 12.8 Å². The molecule has 1 saturated heterocycles. The summed E-state index contributed by atoms with van der Waals surface area (Å²) in [5.74, 6) is 2.18. The summed E-state index contributed by atoms with van der Waals surface area (Å²) in [4.78, 5) is 11.3. The van der Waals surface area contributed by atoms with Gasteiger partial charge >= 0.3 is 0 Å².